The van der Waals surface area contributed by atoms with Gasteiger partial charge in [0, 0.05) is 16.3 Å². The van der Waals surface area contributed by atoms with Crippen LogP contribution in [0.3, 0.4) is 0 Å². The molecule has 0 atom stereocenters. The molecule has 0 unspecified atom stereocenters. The van der Waals surface area contributed by atoms with Crippen LogP contribution in [0.1, 0.15) is 11.1 Å². The van der Waals surface area contributed by atoms with E-state index in [0.717, 1.165) is 10.5 Å². The Morgan fingerprint density at radius 1 is 1.05 bits per heavy atom. The number of urea groups is 1. The molecular weight excluding hydrogens is 498 g/mol. The van der Waals surface area contributed by atoms with Gasteiger partial charge in [0.15, 0.2) is 6.61 Å². The van der Waals surface area contributed by atoms with Crippen molar-refractivity contribution < 1.29 is 28.7 Å². The molecule has 2 N–H and O–H groups in total. The summed E-state index contributed by atoms with van der Waals surface area (Å²) in [5, 5.41) is 5.25. The van der Waals surface area contributed by atoms with Gasteiger partial charge in [-0.05, 0) is 67.1 Å². The topological polar surface area (TPSA) is 114 Å². The molecule has 4 rings (SSSR count). The van der Waals surface area contributed by atoms with Crippen LogP contribution >= 0.6 is 11.6 Å². The van der Waals surface area contributed by atoms with E-state index in [-0.39, 0.29) is 29.2 Å². The zero-order valence-corrected chi connectivity index (χ0v) is 20.7. The molecule has 37 heavy (non-hydrogen) atoms. The molecule has 1 aliphatic heterocycles. The van der Waals surface area contributed by atoms with Crippen LogP contribution in [-0.4, -0.2) is 37.5 Å². The molecule has 3 aromatic rings. The Bertz CT molecular complexity index is 1420. The number of anilines is 2. The van der Waals surface area contributed by atoms with Gasteiger partial charge in [-0.3, -0.25) is 19.7 Å². The number of rotatable bonds is 7. The number of carbonyl (C=O) groups is 4. The second-order valence-corrected chi connectivity index (χ2v) is 8.43. The van der Waals surface area contributed by atoms with Crippen molar-refractivity contribution in [1.82, 2.24) is 5.32 Å². The Morgan fingerprint density at radius 3 is 2.49 bits per heavy atom. The largest absolute Gasteiger partial charge is 0.497 e. The SMILES string of the molecule is COc1ccc(N2C(=O)NC(=O)/C(=C\c3cc(Cl)ccc3OCC(=O)Nc3ccccc3C)C2=O)cc1. The molecular formula is C27H22ClN3O6. The normalized spacial score (nSPS) is 14.4. The first kappa shape index (κ1) is 25.5. The van der Waals surface area contributed by atoms with E-state index in [1.54, 1.807) is 30.3 Å². The lowest BCUT2D eigenvalue weighted by Crippen LogP contribution is -2.54. The fraction of sp³-hybridized carbons (Fsp3) is 0.111. The van der Waals surface area contributed by atoms with Gasteiger partial charge < -0.3 is 14.8 Å². The number of carbonyl (C=O) groups excluding carboxylic acids is 4. The first-order valence-electron chi connectivity index (χ1n) is 11.1. The van der Waals surface area contributed by atoms with Gasteiger partial charge in [-0.1, -0.05) is 29.8 Å². The van der Waals surface area contributed by atoms with Crippen molar-refractivity contribution in [2.45, 2.75) is 6.92 Å². The van der Waals surface area contributed by atoms with Gasteiger partial charge in [0.2, 0.25) is 0 Å². The van der Waals surface area contributed by atoms with Crippen molar-refractivity contribution in [2.24, 2.45) is 0 Å². The van der Waals surface area contributed by atoms with Crippen LogP contribution in [0.5, 0.6) is 11.5 Å². The lowest BCUT2D eigenvalue weighted by Gasteiger charge is -2.26. The summed E-state index contributed by atoms with van der Waals surface area (Å²) in [5.74, 6) is -1.35. The number of hydrogen-bond acceptors (Lipinski definition) is 6. The summed E-state index contributed by atoms with van der Waals surface area (Å²) in [6.45, 7) is 1.54. The van der Waals surface area contributed by atoms with Crippen LogP contribution < -0.4 is 25.0 Å². The summed E-state index contributed by atoms with van der Waals surface area (Å²) in [6.07, 6.45) is 1.26. The van der Waals surface area contributed by atoms with E-state index in [9.17, 15) is 19.2 Å². The maximum Gasteiger partial charge on any atom is 0.335 e. The molecule has 0 spiro atoms. The standard InChI is InChI=1S/C27H22ClN3O6/c1-16-5-3-4-6-22(16)29-24(32)15-37-23-12-7-18(28)13-17(23)14-21-25(33)30-27(35)31(26(21)34)19-8-10-20(36-2)11-9-19/h3-14H,15H2,1-2H3,(H,29,32)(H,30,33,35)/b21-14+. The van der Waals surface area contributed by atoms with Crippen LogP contribution in [-0.2, 0) is 14.4 Å². The number of methoxy groups -OCH3 is 1. The van der Waals surface area contributed by atoms with Crippen LogP contribution in [0.2, 0.25) is 5.02 Å². The molecule has 1 fully saturated rings. The van der Waals surface area contributed by atoms with E-state index in [1.165, 1.54) is 37.5 Å². The third-order valence-corrected chi connectivity index (χ3v) is 5.72. The number of aryl methyl sites for hydroxylation is 1. The highest BCUT2D eigenvalue weighted by Crippen LogP contribution is 2.28. The third-order valence-electron chi connectivity index (χ3n) is 5.48. The zero-order chi connectivity index (χ0) is 26.5. The van der Waals surface area contributed by atoms with Crippen LogP contribution in [0, 0.1) is 6.92 Å². The highest BCUT2D eigenvalue weighted by atomic mass is 35.5. The molecule has 0 aromatic heterocycles. The zero-order valence-electron chi connectivity index (χ0n) is 19.9. The average molecular weight is 520 g/mol. The Kier molecular flexibility index (Phi) is 7.55. The molecule has 188 valence electrons. The number of barbiturate groups is 1. The summed E-state index contributed by atoms with van der Waals surface area (Å²) in [6, 6.07) is 17.2. The van der Waals surface area contributed by atoms with E-state index in [1.807, 2.05) is 19.1 Å². The number of amides is 5. The summed E-state index contributed by atoms with van der Waals surface area (Å²) in [7, 11) is 1.49. The molecule has 0 bridgehead atoms. The lowest BCUT2D eigenvalue weighted by molar-refractivity contribution is -0.122. The summed E-state index contributed by atoms with van der Waals surface area (Å²) in [4.78, 5) is 51.5. The molecule has 9 nitrogen and oxygen atoms in total. The van der Waals surface area contributed by atoms with E-state index in [0.29, 0.717) is 16.5 Å². The summed E-state index contributed by atoms with van der Waals surface area (Å²) >= 11 is 6.15. The number of nitrogens with one attached hydrogen (secondary N) is 2. The van der Waals surface area contributed by atoms with Crippen molar-refractivity contribution in [2.75, 3.05) is 23.9 Å². The number of benzene rings is 3. The Hall–Kier alpha value is -4.63. The van der Waals surface area contributed by atoms with Gasteiger partial charge in [-0.15, -0.1) is 0 Å². The van der Waals surface area contributed by atoms with Gasteiger partial charge in [0.1, 0.15) is 17.1 Å². The number of imide groups is 2. The Morgan fingerprint density at radius 2 is 1.78 bits per heavy atom. The highest BCUT2D eigenvalue weighted by molar-refractivity contribution is 6.39. The van der Waals surface area contributed by atoms with Gasteiger partial charge in [0.25, 0.3) is 17.7 Å². The maximum absolute atomic E-state index is 13.2. The molecule has 0 saturated carbocycles. The maximum atomic E-state index is 13.2. The van der Waals surface area contributed by atoms with Crippen LogP contribution in [0.4, 0.5) is 16.2 Å². The number of hydrogen-bond donors (Lipinski definition) is 2. The summed E-state index contributed by atoms with van der Waals surface area (Å²) in [5.41, 5.74) is 1.76. The van der Waals surface area contributed by atoms with Gasteiger partial charge in [0.05, 0.1) is 12.8 Å². The predicted molar refractivity (Wildman–Crippen MR) is 139 cm³/mol. The minimum absolute atomic E-state index is 0.213. The van der Waals surface area contributed by atoms with Crippen molar-refractivity contribution in [3.05, 3.63) is 88.5 Å². The molecule has 1 saturated heterocycles. The minimum atomic E-state index is -0.882. The monoisotopic (exact) mass is 519 g/mol. The molecule has 5 amide bonds. The van der Waals surface area contributed by atoms with Crippen LogP contribution in [0.25, 0.3) is 6.08 Å². The Balaban J connectivity index is 1.58. The molecule has 0 radical (unpaired) electrons. The van der Waals surface area contributed by atoms with Crippen molar-refractivity contribution >= 4 is 52.8 Å². The van der Waals surface area contributed by atoms with E-state index < -0.39 is 23.8 Å². The number of nitrogens with zero attached hydrogens (tertiary/aromatic N) is 1. The quantitative estimate of drug-likeness (QED) is 0.354. The van der Waals surface area contributed by atoms with Gasteiger partial charge in [-0.25, -0.2) is 9.69 Å². The second-order valence-electron chi connectivity index (χ2n) is 7.99. The van der Waals surface area contributed by atoms with E-state index in [2.05, 4.69) is 10.6 Å². The number of halogens is 1. The van der Waals surface area contributed by atoms with Crippen molar-refractivity contribution in [1.29, 1.82) is 0 Å². The van der Waals surface area contributed by atoms with Crippen molar-refractivity contribution in [3.8, 4) is 11.5 Å². The van der Waals surface area contributed by atoms with Crippen LogP contribution in [0.15, 0.2) is 72.3 Å². The molecule has 10 heteroatoms. The minimum Gasteiger partial charge on any atom is -0.497 e. The summed E-state index contributed by atoms with van der Waals surface area (Å²) < 4.78 is 10.8. The fourth-order valence-electron chi connectivity index (χ4n) is 3.59. The van der Waals surface area contributed by atoms with Gasteiger partial charge >= 0.3 is 6.03 Å². The first-order chi connectivity index (χ1) is 17.8. The highest BCUT2D eigenvalue weighted by Gasteiger charge is 2.37. The van der Waals surface area contributed by atoms with E-state index in [4.69, 9.17) is 21.1 Å². The molecule has 1 heterocycles. The second kappa shape index (κ2) is 11.0. The van der Waals surface area contributed by atoms with E-state index >= 15 is 0 Å². The number of ether oxygens (including phenoxy) is 2. The molecule has 1 aliphatic rings. The lowest BCUT2D eigenvalue weighted by atomic mass is 10.1. The third kappa shape index (κ3) is 5.79. The Labute approximate surface area is 217 Å². The van der Waals surface area contributed by atoms with Crippen molar-refractivity contribution in [3.63, 3.8) is 0 Å². The molecule has 0 aliphatic carbocycles. The molecule has 3 aromatic carbocycles. The smallest absolute Gasteiger partial charge is 0.335 e. The van der Waals surface area contributed by atoms with Gasteiger partial charge in [-0.2, -0.15) is 0 Å². The number of para-hydroxylation sites is 1. The predicted octanol–water partition coefficient (Wildman–Crippen LogP) is 4.34. The first-order valence-corrected chi connectivity index (χ1v) is 11.5. The average Bonchev–Trinajstić information content (AvgIpc) is 2.87. The fourth-order valence-corrected chi connectivity index (χ4v) is 3.77.